The van der Waals surface area contributed by atoms with Crippen LogP contribution in [0.15, 0.2) is 30.5 Å². The van der Waals surface area contributed by atoms with Crippen LogP contribution >= 0.6 is 0 Å². The van der Waals surface area contributed by atoms with Crippen LogP contribution in [0.3, 0.4) is 0 Å². The lowest BCUT2D eigenvalue weighted by atomic mass is 9.82. The van der Waals surface area contributed by atoms with Crippen molar-refractivity contribution in [2.45, 2.75) is 33.1 Å². The summed E-state index contributed by atoms with van der Waals surface area (Å²) in [4.78, 5) is 0. The summed E-state index contributed by atoms with van der Waals surface area (Å²) in [5, 5.41) is 7.11. The molecule has 2 heteroatoms. The van der Waals surface area contributed by atoms with Crippen molar-refractivity contribution in [3.63, 3.8) is 0 Å². The molecule has 1 N–H and O–H groups in total. The van der Waals surface area contributed by atoms with Gasteiger partial charge < -0.3 is 0 Å². The molecule has 0 spiro atoms. The molecular formula is C14H18N2. The Morgan fingerprint density at radius 2 is 1.88 bits per heavy atom. The second-order valence-electron chi connectivity index (χ2n) is 5.19. The van der Waals surface area contributed by atoms with E-state index in [1.54, 1.807) is 0 Å². The summed E-state index contributed by atoms with van der Waals surface area (Å²) in [5.41, 5.74) is 5.11. The van der Waals surface area contributed by atoms with Gasteiger partial charge in [-0.1, -0.05) is 39.0 Å². The first-order chi connectivity index (χ1) is 7.50. The highest BCUT2D eigenvalue weighted by atomic mass is 15.1. The molecule has 0 unspecified atom stereocenters. The van der Waals surface area contributed by atoms with Crippen molar-refractivity contribution in [1.82, 2.24) is 10.2 Å². The zero-order valence-corrected chi connectivity index (χ0v) is 10.3. The van der Waals surface area contributed by atoms with E-state index in [1.165, 1.54) is 16.7 Å². The van der Waals surface area contributed by atoms with Gasteiger partial charge in [0.2, 0.25) is 0 Å². The van der Waals surface area contributed by atoms with E-state index in [0.717, 1.165) is 5.69 Å². The van der Waals surface area contributed by atoms with Crippen molar-refractivity contribution in [3.05, 3.63) is 41.6 Å². The molecule has 84 valence electrons. The SMILES string of the molecule is Cc1c(-c2cc[nH]n2)cccc1C(C)(C)C. The van der Waals surface area contributed by atoms with Crippen LogP contribution in [-0.2, 0) is 5.41 Å². The third-order valence-electron chi connectivity index (χ3n) is 2.92. The molecule has 0 aliphatic rings. The lowest BCUT2D eigenvalue weighted by Gasteiger charge is -2.22. The predicted octanol–water partition coefficient (Wildman–Crippen LogP) is 3.68. The van der Waals surface area contributed by atoms with Crippen molar-refractivity contribution in [1.29, 1.82) is 0 Å². The normalized spacial score (nSPS) is 11.8. The van der Waals surface area contributed by atoms with Crippen molar-refractivity contribution in [2.24, 2.45) is 0 Å². The Morgan fingerprint density at radius 1 is 1.12 bits per heavy atom. The predicted molar refractivity (Wildman–Crippen MR) is 67.5 cm³/mol. The van der Waals surface area contributed by atoms with Gasteiger partial charge >= 0.3 is 0 Å². The Balaban J connectivity index is 2.58. The molecule has 0 atom stereocenters. The lowest BCUT2D eigenvalue weighted by Crippen LogP contribution is -2.13. The second-order valence-corrected chi connectivity index (χ2v) is 5.19. The van der Waals surface area contributed by atoms with Gasteiger partial charge in [0.25, 0.3) is 0 Å². The van der Waals surface area contributed by atoms with Crippen LogP contribution in [0.4, 0.5) is 0 Å². The monoisotopic (exact) mass is 214 g/mol. The number of aromatic amines is 1. The number of rotatable bonds is 1. The van der Waals surface area contributed by atoms with E-state index in [0.29, 0.717) is 0 Å². The van der Waals surface area contributed by atoms with Crippen molar-refractivity contribution < 1.29 is 0 Å². The molecule has 0 aliphatic heterocycles. The first kappa shape index (κ1) is 10.9. The topological polar surface area (TPSA) is 28.7 Å². The fourth-order valence-electron chi connectivity index (χ4n) is 2.14. The van der Waals surface area contributed by atoms with Gasteiger partial charge in [-0.2, -0.15) is 5.10 Å². The molecule has 0 fully saturated rings. The fraction of sp³-hybridized carbons (Fsp3) is 0.357. The molecule has 1 aromatic heterocycles. The number of nitrogens with zero attached hydrogens (tertiary/aromatic N) is 1. The van der Waals surface area contributed by atoms with Crippen LogP contribution < -0.4 is 0 Å². The molecule has 0 radical (unpaired) electrons. The van der Waals surface area contributed by atoms with E-state index in [1.807, 2.05) is 12.3 Å². The van der Waals surface area contributed by atoms with Gasteiger partial charge in [-0.15, -0.1) is 0 Å². The molecule has 16 heavy (non-hydrogen) atoms. The maximum absolute atomic E-state index is 4.25. The minimum Gasteiger partial charge on any atom is -0.285 e. The Bertz CT molecular complexity index is 476. The fourth-order valence-corrected chi connectivity index (χ4v) is 2.14. The highest BCUT2D eigenvalue weighted by Gasteiger charge is 2.18. The maximum atomic E-state index is 4.25. The molecule has 2 aromatic rings. The summed E-state index contributed by atoms with van der Waals surface area (Å²) in [6, 6.07) is 8.44. The number of nitrogens with one attached hydrogen (secondary N) is 1. The van der Waals surface area contributed by atoms with Crippen LogP contribution in [0, 0.1) is 6.92 Å². The van der Waals surface area contributed by atoms with E-state index in [9.17, 15) is 0 Å². The van der Waals surface area contributed by atoms with Crippen molar-refractivity contribution in [2.75, 3.05) is 0 Å². The minimum atomic E-state index is 0.177. The molecule has 0 saturated carbocycles. The molecule has 0 aliphatic carbocycles. The summed E-state index contributed by atoms with van der Waals surface area (Å²) in [6.45, 7) is 8.89. The van der Waals surface area contributed by atoms with Gasteiger partial charge in [0.1, 0.15) is 0 Å². The van der Waals surface area contributed by atoms with Crippen molar-refractivity contribution >= 4 is 0 Å². The van der Waals surface area contributed by atoms with Gasteiger partial charge in [-0.3, -0.25) is 5.10 Å². The van der Waals surface area contributed by atoms with Gasteiger partial charge in [0.05, 0.1) is 5.69 Å². The number of hydrogen-bond acceptors (Lipinski definition) is 1. The van der Waals surface area contributed by atoms with E-state index in [4.69, 9.17) is 0 Å². The van der Waals surface area contributed by atoms with Gasteiger partial charge in [-0.25, -0.2) is 0 Å². The third-order valence-corrected chi connectivity index (χ3v) is 2.92. The molecule has 0 bridgehead atoms. The van der Waals surface area contributed by atoms with E-state index < -0.39 is 0 Å². The van der Waals surface area contributed by atoms with E-state index >= 15 is 0 Å². The number of benzene rings is 1. The summed E-state index contributed by atoms with van der Waals surface area (Å²) in [6.07, 6.45) is 1.86. The van der Waals surface area contributed by atoms with Crippen LogP contribution in [0.5, 0.6) is 0 Å². The van der Waals surface area contributed by atoms with Crippen LogP contribution in [-0.4, -0.2) is 10.2 Å². The number of H-pyrrole nitrogens is 1. The summed E-state index contributed by atoms with van der Waals surface area (Å²) < 4.78 is 0. The number of hydrogen-bond donors (Lipinski definition) is 1. The summed E-state index contributed by atoms with van der Waals surface area (Å²) >= 11 is 0. The zero-order chi connectivity index (χ0) is 11.8. The highest BCUT2D eigenvalue weighted by Crippen LogP contribution is 2.31. The van der Waals surface area contributed by atoms with Gasteiger partial charge in [0.15, 0.2) is 0 Å². The third kappa shape index (κ3) is 1.87. The van der Waals surface area contributed by atoms with Crippen molar-refractivity contribution in [3.8, 4) is 11.3 Å². The standard InChI is InChI=1S/C14H18N2/c1-10-11(13-8-9-15-16-13)6-5-7-12(10)14(2,3)4/h5-9H,1-4H3,(H,15,16). The maximum Gasteiger partial charge on any atom is 0.0923 e. The van der Waals surface area contributed by atoms with E-state index in [-0.39, 0.29) is 5.41 Å². The Kier molecular flexibility index (Phi) is 2.58. The van der Waals surface area contributed by atoms with E-state index in [2.05, 4.69) is 56.1 Å². The Hall–Kier alpha value is -1.57. The largest absolute Gasteiger partial charge is 0.285 e. The molecule has 2 rings (SSSR count). The van der Waals surface area contributed by atoms with Crippen LogP contribution in [0.1, 0.15) is 31.9 Å². The average Bonchev–Trinajstić information content (AvgIpc) is 2.69. The molecule has 1 heterocycles. The summed E-state index contributed by atoms with van der Waals surface area (Å²) in [5.74, 6) is 0. The smallest absolute Gasteiger partial charge is 0.0923 e. The van der Waals surface area contributed by atoms with Gasteiger partial charge in [-0.05, 0) is 29.5 Å². The minimum absolute atomic E-state index is 0.177. The lowest BCUT2D eigenvalue weighted by molar-refractivity contribution is 0.586. The number of aromatic nitrogens is 2. The highest BCUT2D eigenvalue weighted by molar-refractivity contribution is 5.65. The Morgan fingerprint density at radius 3 is 2.44 bits per heavy atom. The van der Waals surface area contributed by atoms with Crippen LogP contribution in [0.2, 0.25) is 0 Å². The molecular weight excluding hydrogens is 196 g/mol. The van der Waals surface area contributed by atoms with Gasteiger partial charge in [0, 0.05) is 11.8 Å². The molecule has 1 aromatic carbocycles. The summed E-state index contributed by atoms with van der Waals surface area (Å²) in [7, 11) is 0. The second kappa shape index (κ2) is 3.78. The first-order valence-electron chi connectivity index (χ1n) is 5.60. The molecule has 0 saturated heterocycles. The average molecular weight is 214 g/mol. The molecule has 0 amide bonds. The molecule has 2 nitrogen and oxygen atoms in total. The quantitative estimate of drug-likeness (QED) is 0.770. The zero-order valence-electron chi connectivity index (χ0n) is 10.3. The van der Waals surface area contributed by atoms with Crippen LogP contribution in [0.25, 0.3) is 11.3 Å². The first-order valence-corrected chi connectivity index (χ1v) is 5.60. The Labute approximate surface area is 96.7 Å².